The number of aryl methyl sites for hydroxylation is 2. The second kappa shape index (κ2) is 5.92. The predicted molar refractivity (Wildman–Crippen MR) is 93.0 cm³/mol. The molecule has 0 atom stereocenters. The molecule has 118 valence electrons. The molecular formula is C16H14BrN3O3. The summed E-state index contributed by atoms with van der Waals surface area (Å²) in [6.07, 6.45) is 0. The minimum atomic E-state index is -0.438. The number of anilines is 2. The summed E-state index contributed by atoms with van der Waals surface area (Å²) >= 11 is 3.41. The molecule has 3 rings (SSSR count). The van der Waals surface area contributed by atoms with Gasteiger partial charge in [-0.15, -0.1) is 0 Å². The molecule has 0 fully saturated rings. The molecule has 0 saturated heterocycles. The Morgan fingerprint density at radius 3 is 2.48 bits per heavy atom. The smallest absolute Gasteiger partial charge is 0.408 e. The van der Waals surface area contributed by atoms with Gasteiger partial charge in [0.1, 0.15) is 0 Å². The summed E-state index contributed by atoms with van der Waals surface area (Å²) in [6, 6.07) is 10.2. The van der Waals surface area contributed by atoms with Gasteiger partial charge in [0.25, 0.3) is 0 Å². The van der Waals surface area contributed by atoms with E-state index in [1.54, 1.807) is 31.3 Å². The van der Waals surface area contributed by atoms with E-state index in [9.17, 15) is 9.59 Å². The van der Waals surface area contributed by atoms with Crippen LogP contribution < -0.4 is 16.4 Å². The molecule has 0 bridgehead atoms. The topological polar surface area (TPSA) is 76.3 Å². The van der Waals surface area contributed by atoms with Crippen molar-refractivity contribution in [1.29, 1.82) is 0 Å². The average Bonchev–Trinajstić information content (AvgIpc) is 2.77. The fourth-order valence-corrected chi connectivity index (χ4v) is 2.47. The maximum atomic E-state index is 12.1. The number of oxazole rings is 1. The van der Waals surface area contributed by atoms with Gasteiger partial charge in [-0.2, -0.15) is 0 Å². The molecule has 0 saturated carbocycles. The number of carbonyl (C=O) groups is 1. The number of amides is 2. The zero-order valence-corrected chi connectivity index (χ0v) is 14.1. The standard InChI is InChI=1S/C16H14BrN3O3/c1-9-7-10(3-5-12(9)17)18-15(21)19-11-4-6-13-14(8-11)23-16(22)20(13)2/h3-8H,1-2H3,(H2,18,19,21). The number of nitrogens with one attached hydrogen (secondary N) is 2. The Morgan fingerprint density at radius 2 is 1.78 bits per heavy atom. The lowest BCUT2D eigenvalue weighted by atomic mass is 10.2. The van der Waals surface area contributed by atoms with E-state index in [2.05, 4.69) is 26.6 Å². The molecule has 23 heavy (non-hydrogen) atoms. The molecular weight excluding hydrogens is 362 g/mol. The molecule has 3 aromatic rings. The molecule has 1 heterocycles. The average molecular weight is 376 g/mol. The third-order valence-corrected chi connectivity index (χ3v) is 4.36. The number of benzene rings is 2. The number of aromatic nitrogens is 1. The van der Waals surface area contributed by atoms with Gasteiger partial charge in [-0.1, -0.05) is 15.9 Å². The Bertz CT molecular complexity index is 959. The van der Waals surface area contributed by atoms with Gasteiger partial charge < -0.3 is 15.1 Å². The van der Waals surface area contributed by atoms with Gasteiger partial charge in [0.15, 0.2) is 5.58 Å². The number of carbonyl (C=O) groups excluding carboxylic acids is 1. The summed E-state index contributed by atoms with van der Waals surface area (Å²) in [5, 5.41) is 5.47. The van der Waals surface area contributed by atoms with E-state index in [0.29, 0.717) is 22.5 Å². The molecule has 7 heteroatoms. The summed E-state index contributed by atoms with van der Waals surface area (Å²) in [5.41, 5.74) is 3.35. The third-order valence-electron chi connectivity index (χ3n) is 3.47. The van der Waals surface area contributed by atoms with Crippen molar-refractivity contribution in [1.82, 2.24) is 4.57 Å². The normalized spacial score (nSPS) is 10.7. The van der Waals surface area contributed by atoms with E-state index in [-0.39, 0.29) is 6.03 Å². The van der Waals surface area contributed by atoms with Gasteiger partial charge in [0, 0.05) is 29.0 Å². The van der Waals surface area contributed by atoms with Crippen LogP contribution in [0, 0.1) is 6.92 Å². The van der Waals surface area contributed by atoms with Gasteiger partial charge >= 0.3 is 11.8 Å². The van der Waals surface area contributed by atoms with Crippen LogP contribution in [0.25, 0.3) is 11.1 Å². The molecule has 2 aromatic carbocycles. The lowest BCUT2D eigenvalue weighted by Crippen LogP contribution is -2.19. The van der Waals surface area contributed by atoms with Gasteiger partial charge in [0.2, 0.25) is 0 Å². The molecule has 2 amide bonds. The Morgan fingerprint density at radius 1 is 1.13 bits per heavy atom. The Kier molecular flexibility index (Phi) is 3.96. The number of rotatable bonds is 2. The van der Waals surface area contributed by atoms with Crippen LogP contribution in [0.15, 0.2) is 50.1 Å². The highest BCUT2D eigenvalue weighted by Crippen LogP contribution is 2.21. The number of fused-ring (bicyclic) bond motifs is 1. The number of nitrogens with zero attached hydrogens (tertiary/aromatic N) is 1. The minimum Gasteiger partial charge on any atom is -0.408 e. The maximum absolute atomic E-state index is 12.1. The molecule has 0 unspecified atom stereocenters. The maximum Gasteiger partial charge on any atom is 0.419 e. The van der Waals surface area contributed by atoms with E-state index in [0.717, 1.165) is 10.0 Å². The fourth-order valence-electron chi connectivity index (χ4n) is 2.23. The van der Waals surface area contributed by atoms with Crippen LogP contribution in [-0.4, -0.2) is 10.6 Å². The van der Waals surface area contributed by atoms with Gasteiger partial charge in [-0.3, -0.25) is 4.57 Å². The van der Waals surface area contributed by atoms with Gasteiger partial charge in [-0.25, -0.2) is 9.59 Å². The van der Waals surface area contributed by atoms with Crippen molar-refractivity contribution in [3.8, 4) is 0 Å². The Hall–Kier alpha value is -2.54. The quantitative estimate of drug-likeness (QED) is 0.714. The van der Waals surface area contributed by atoms with E-state index < -0.39 is 5.76 Å². The zero-order valence-electron chi connectivity index (χ0n) is 12.5. The fraction of sp³-hybridized carbons (Fsp3) is 0.125. The highest BCUT2D eigenvalue weighted by atomic mass is 79.9. The first-order chi connectivity index (χ1) is 10.9. The number of hydrogen-bond donors (Lipinski definition) is 2. The van der Waals surface area contributed by atoms with Crippen LogP contribution in [0.5, 0.6) is 0 Å². The second-order valence-corrected chi connectivity index (χ2v) is 6.01. The van der Waals surface area contributed by atoms with E-state index >= 15 is 0 Å². The van der Waals surface area contributed by atoms with Crippen molar-refractivity contribution in [2.45, 2.75) is 6.92 Å². The third kappa shape index (κ3) is 3.14. The molecule has 0 aliphatic heterocycles. The lowest BCUT2D eigenvalue weighted by molar-refractivity contribution is 0.262. The van der Waals surface area contributed by atoms with Crippen molar-refractivity contribution in [3.63, 3.8) is 0 Å². The van der Waals surface area contributed by atoms with Crippen molar-refractivity contribution in [3.05, 3.63) is 57.0 Å². The Labute approximate surface area is 140 Å². The van der Waals surface area contributed by atoms with Crippen molar-refractivity contribution in [2.75, 3.05) is 10.6 Å². The van der Waals surface area contributed by atoms with Crippen molar-refractivity contribution in [2.24, 2.45) is 7.05 Å². The van der Waals surface area contributed by atoms with Crippen molar-refractivity contribution < 1.29 is 9.21 Å². The van der Waals surface area contributed by atoms with Crippen LogP contribution in [0.4, 0.5) is 16.2 Å². The monoisotopic (exact) mass is 375 g/mol. The minimum absolute atomic E-state index is 0.371. The summed E-state index contributed by atoms with van der Waals surface area (Å²) < 4.78 is 7.48. The first kappa shape index (κ1) is 15.4. The summed E-state index contributed by atoms with van der Waals surface area (Å²) in [5.74, 6) is -0.438. The molecule has 1 aromatic heterocycles. The molecule has 0 spiro atoms. The molecule has 6 nitrogen and oxygen atoms in total. The van der Waals surface area contributed by atoms with Crippen molar-refractivity contribution >= 4 is 44.4 Å². The van der Waals surface area contributed by atoms with Crippen LogP contribution >= 0.6 is 15.9 Å². The molecule has 0 aliphatic carbocycles. The molecule has 0 aliphatic rings. The van der Waals surface area contributed by atoms with E-state index in [4.69, 9.17) is 4.42 Å². The molecule has 0 radical (unpaired) electrons. The summed E-state index contributed by atoms with van der Waals surface area (Å²) in [4.78, 5) is 23.5. The lowest BCUT2D eigenvalue weighted by Gasteiger charge is -2.09. The van der Waals surface area contributed by atoms with Crippen LogP contribution in [0.3, 0.4) is 0 Å². The van der Waals surface area contributed by atoms with E-state index in [1.165, 1.54) is 4.57 Å². The first-order valence-corrected chi connectivity index (χ1v) is 7.67. The van der Waals surface area contributed by atoms with Gasteiger partial charge in [-0.05, 0) is 42.8 Å². The summed E-state index contributed by atoms with van der Waals surface area (Å²) in [6.45, 7) is 1.94. The highest BCUT2D eigenvalue weighted by Gasteiger charge is 2.08. The van der Waals surface area contributed by atoms with E-state index in [1.807, 2.05) is 19.1 Å². The summed E-state index contributed by atoms with van der Waals surface area (Å²) in [7, 11) is 1.63. The second-order valence-electron chi connectivity index (χ2n) is 5.15. The number of urea groups is 1. The van der Waals surface area contributed by atoms with Crippen LogP contribution in [-0.2, 0) is 7.05 Å². The highest BCUT2D eigenvalue weighted by molar-refractivity contribution is 9.10. The SMILES string of the molecule is Cc1cc(NC(=O)Nc2ccc3c(c2)oc(=O)n3C)ccc1Br. The van der Waals surface area contributed by atoms with Crippen LogP contribution in [0.2, 0.25) is 0 Å². The zero-order chi connectivity index (χ0) is 16.6. The first-order valence-electron chi connectivity index (χ1n) is 6.88. The van der Waals surface area contributed by atoms with Crippen LogP contribution in [0.1, 0.15) is 5.56 Å². The van der Waals surface area contributed by atoms with Gasteiger partial charge in [0.05, 0.1) is 5.52 Å². The largest absolute Gasteiger partial charge is 0.419 e. The molecule has 2 N–H and O–H groups in total. The number of halogens is 1. The number of hydrogen-bond acceptors (Lipinski definition) is 3. The predicted octanol–water partition coefficient (Wildman–Crippen LogP) is 3.85. The Balaban J connectivity index is 1.77.